The van der Waals surface area contributed by atoms with E-state index < -0.39 is 11.5 Å². The standard InChI is InChI=1S/C11H9FN2O2/c12-9-6-13-11(15)14-10(9)16-7-8-4-2-1-3-5-8/h1-6H,7H2,(H,13,14,15). The van der Waals surface area contributed by atoms with Crippen LogP contribution in [0, 0.1) is 5.82 Å². The molecule has 0 saturated heterocycles. The van der Waals surface area contributed by atoms with E-state index in [1.807, 2.05) is 30.3 Å². The van der Waals surface area contributed by atoms with Gasteiger partial charge in [0, 0.05) is 0 Å². The van der Waals surface area contributed by atoms with Crippen LogP contribution in [0.2, 0.25) is 0 Å². The number of aromatic amines is 1. The highest BCUT2D eigenvalue weighted by Gasteiger charge is 2.04. The number of H-pyrrole nitrogens is 1. The fraction of sp³-hybridized carbons (Fsp3) is 0.0909. The van der Waals surface area contributed by atoms with Crippen molar-refractivity contribution >= 4 is 0 Å². The summed E-state index contributed by atoms with van der Waals surface area (Å²) >= 11 is 0. The maximum Gasteiger partial charge on any atom is 0.347 e. The van der Waals surface area contributed by atoms with E-state index in [0.29, 0.717) is 0 Å². The quantitative estimate of drug-likeness (QED) is 0.852. The van der Waals surface area contributed by atoms with Gasteiger partial charge in [-0.2, -0.15) is 9.37 Å². The van der Waals surface area contributed by atoms with Crippen LogP contribution in [-0.4, -0.2) is 9.97 Å². The maximum atomic E-state index is 13.1. The van der Waals surface area contributed by atoms with Crippen LogP contribution in [0.1, 0.15) is 5.56 Å². The lowest BCUT2D eigenvalue weighted by Gasteiger charge is -2.05. The highest BCUT2D eigenvalue weighted by Crippen LogP contribution is 2.11. The number of hydrogen-bond acceptors (Lipinski definition) is 3. The summed E-state index contributed by atoms with van der Waals surface area (Å²) in [5.74, 6) is -0.876. The first-order valence-electron chi connectivity index (χ1n) is 4.67. The third-order valence-corrected chi connectivity index (χ3v) is 1.96. The second kappa shape index (κ2) is 4.57. The molecule has 16 heavy (non-hydrogen) atoms. The highest BCUT2D eigenvalue weighted by molar-refractivity contribution is 5.15. The van der Waals surface area contributed by atoms with Crippen molar-refractivity contribution in [3.05, 3.63) is 58.4 Å². The number of nitrogens with zero attached hydrogens (tertiary/aromatic N) is 1. The average molecular weight is 220 g/mol. The molecular weight excluding hydrogens is 211 g/mol. The predicted octanol–water partition coefficient (Wildman–Crippen LogP) is 1.49. The lowest BCUT2D eigenvalue weighted by Crippen LogP contribution is -2.12. The molecule has 5 heteroatoms. The fourth-order valence-electron chi connectivity index (χ4n) is 1.20. The van der Waals surface area contributed by atoms with Gasteiger partial charge in [0.15, 0.2) is 0 Å². The smallest absolute Gasteiger partial charge is 0.347 e. The molecule has 82 valence electrons. The summed E-state index contributed by atoms with van der Waals surface area (Å²) in [5.41, 5.74) is 0.254. The molecular formula is C11H9FN2O2. The Balaban J connectivity index is 2.10. The summed E-state index contributed by atoms with van der Waals surface area (Å²) in [6.45, 7) is 0.192. The van der Waals surface area contributed by atoms with Crippen molar-refractivity contribution < 1.29 is 9.13 Å². The Morgan fingerprint density at radius 2 is 2.06 bits per heavy atom. The molecule has 0 aliphatic carbocycles. The fourth-order valence-corrected chi connectivity index (χ4v) is 1.20. The zero-order chi connectivity index (χ0) is 11.4. The predicted molar refractivity (Wildman–Crippen MR) is 55.6 cm³/mol. The van der Waals surface area contributed by atoms with Gasteiger partial charge in [-0.3, -0.25) is 4.98 Å². The van der Waals surface area contributed by atoms with Gasteiger partial charge < -0.3 is 4.74 Å². The van der Waals surface area contributed by atoms with Crippen LogP contribution in [0.5, 0.6) is 5.88 Å². The Morgan fingerprint density at radius 1 is 1.31 bits per heavy atom. The molecule has 0 bridgehead atoms. The van der Waals surface area contributed by atoms with Crippen molar-refractivity contribution in [2.75, 3.05) is 0 Å². The van der Waals surface area contributed by atoms with Crippen molar-refractivity contribution in [2.24, 2.45) is 0 Å². The van der Waals surface area contributed by atoms with Gasteiger partial charge in [0.2, 0.25) is 11.7 Å². The molecule has 2 aromatic rings. The molecule has 1 heterocycles. The van der Waals surface area contributed by atoms with Gasteiger partial charge in [-0.25, -0.2) is 4.79 Å². The van der Waals surface area contributed by atoms with Gasteiger partial charge in [-0.1, -0.05) is 30.3 Å². The minimum Gasteiger partial charge on any atom is -0.472 e. The Bertz CT molecular complexity index is 525. The summed E-state index contributed by atoms with van der Waals surface area (Å²) < 4.78 is 18.2. The van der Waals surface area contributed by atoms with Crippen LogP contribution in [0.25, 0.3) is 0 Å². The minimum absolute atomic E-state index is 0.191. The van der Waals surface area contributed by atoms with E-state index >= 15 is 0 Å². The number of halogens is 1. The molecule has 1 aromatic carbocycles. The second-order valence-electron chi connectivity index (χ2n) is 3.14. The van der Waals surface area contributed by atoms with E-state index in [1.165, 1.54) is 0 Å². The zero-order valence-electron chi connectivity index (χ0n) is 8.31. The molecule has 0 amide bonds. The Hall–Kier alpha value is -2.17. The lowest BCUT2D eigenvalue weighted by molar-refractivity contribution is 0.275. The van der Waals surface area contributed by atoms with Gasteiger partial charge in [-0.15, -0.1) is 0 Å². The van der Waals surface area contributed by atoms with Gasteiger partial charge in [0.1, 0.15) is 6.61 Å². The first-order valence-corrected chi connectivity index (χ1v) is 4.67. The number of hydrogen-bond donors (Lipinski definition) is 1. The van der Waals surface area contributed by atoms with Crippen molar-refractivity contribution in [1.82, 2.24) is 9.97 Å². The molecule has 1 aromatic heterocycles. The van der Waals surface area contributed by atoms with Gasteiger partial charge in [0.05, 0.1) is 6.20 Å². The number of rotatable bonds is 3. The normalized spacial score (nSPS) is 10.1. The first kappa shape index (κ1) is 10.4. The molecule has 0 spiro atoms. The van der Waals surface area contributed by atoms with Crippen LogP contribution in [0.4, 0.5) is 4.39 Å². The molecule has 0 aliphatic rings. The first-order chi connectivity index (χ1) is 7.75. The van der Waals surface area contributed by atoms with Crippen molar-refractivity contribution in [3.63, 3.8) is 0 Å². The summed E-state index contributed by atoms with van der Waals surface area (Å²) in [4.78, 5) is 16.3. The zero-order valence-corrected chi connectivity index (χ0v) is 8.31. The van der Waals surface area contributed by atoms with Gasteiger partial charge in [-0.05, 0) is 5.56 Å². The lowest BCUT2D eigenvalue weighted by atomic mass is 10.2. The molecule has 0 aliphatic heterocycles. The average Bonchev–Trinajstić information content (AvgIpc) is 2.32. The molecule has 1 N–H and O–H groups in total. The van der Waals surface area contributed by atoms with E-state index in [4.69, 9.17) is 4.74 Å². The largest absolute Gasteiger partial charge is 0.472 e. The molecule has 0 fully saturated rings. The van der Waals surface area contributed by atoms with E-state index in [0.717, 1.165) is 11.8 Å². The van der Waals surface area contributed by atoms with E-state index in [2.05, 4.69) is 9.97 Å². The third kappa shape index (κ3) is 2.44. The molecule has 4 nitrogen and oxygen atoms in total. The molecule has 0 atom stereocenters. The number of aromatic nitrogens is 2. The number of nitrogens with one attached hydrogen (secondary N) is 1. The summed E-state index contributed by atoms with van der Waals surface area (Å²) in [6, 6.07) is 9.27. The van der Waals surface area contributed by atoms with E-state index in [9.17, 15) is 9.18 Å². The topological polar surface area (TPSA) is 55.0 Å². The minimum atomic E-state index is -0.685. The van der Waals surface area contributed by atoms with Crippen LogP contribution in [-0.2, 0) is 6.61 Å². The maximum absolute atomic E-state index is 13.1. The van der Waals surface area contributed by atoms with E-state index in [-0.39, 0.29) is 12.5 Å². The Kier molecular flexibility index (Phi) is 2.95. The van der Waals surface area contributed by atoms with Gasteiger partial charge >= 0.3 is 5.69 Å². The van der Waals surface area contributed by atoms with Crippen molar-refractivity contribution in [2.45, 2.75) is 6.61 Å². The molecule has 2 rings (SSSR count). The van der Waals surface area contributed by atoms with Crippen LogP contribution < -0.4 is 10.4 Å². The van der Waals surface area contributed by atoms with E-state index in [1.54, 1.807) is 0 Å². The molecule has 0 saturated carbocycles. The summed E-state index contributed by atoms with van der Waals surface area (Å²) in [7, 11) is 0. The molecule has 0 radical (unpaired) electrons. The number of ether oxygens (including phenoxy) is 1. The van der Waals surface area contributed by atoms with Crippen LogP contribution in [0.3, 0.4) is 0 Å². The highest BCUT2D eigenvalue weighted by atomic mass is 19.1. The second-order valence-corrected chi connectivity index (χ2v) is 3.14. The van der Waals surface area contributed by atoms with Crippen molar-refractivity contribution in [3.8, 4) is 5.88 Å². The Labute approximate surface area is 90.7 Å². The van der Waals surface area contributed by atoms with Crippen LogP contribution >= 0.6 is 0 Å². The van der Waals surface area contributed by atoms with Gasteiger partial charge in [0.25, 0.3) is 0 Å². The number of benzene rings is 1. The van der Waals surface area contributed by atoms with Crippen molar-refractivity contribution in [1.29, 1.82) is 0 Å². The SMILES string of the molecule is O=c1ncc(F)c(OCc2ccccc2)[nH]1. The summed E-state index contributed by atoms with van der Waals surface area (Å²) in [6.07, 6.45) is 0.832. The third-order valence-electron chi connectivity index (χ3n) is 1.96. The van der Waals surface area contributed by atoms with Crippen LogP contribution in [0.15, 0.2) is 41.3 Å². The molecule has 0 unspecified atom stereocenters. The summed E-state index contributed by atoms with van der Waals surface area (Å²) in [5, 5.41) is 0. The Morgan fingerprint density at radius 3 is 2.81 bits per heavy atom. The monoisotopic (exact) mass is 220 g/mol.